The summed E-state index contributed by atoms with van der Waals surface area (Å²) in [5.74, 6) is 0.160. The molecule has 0 aliphatic rings. The fraction of sp³-hybridized carbons (Fsp3) is 0.375. The minimum Gasteiger partial charge on any atom is -0.497 e. The van der Waals surface area contributed by atoms with E-state index in [9.17, 15) is 18.0 Å². The second-order valence-electron chi connectivity index (χ2n) is 10.3. The lowest BCUT2D eigenvalue weighted by Gasteiger charge is -2.33. The SMILES string of the molecule is CC[C@H](C)NC(=O)[C@H](Cc1ccccc1)N(Cc1cccc(OC)c1)C(=O)CCCN(c1cccc(Cl)c1)S(C)(=O)=O. The van der Waals surface area contributed by atoms with Gasteiger partial charge < -0.3 is 15.0 Å². The number of benzene rings is 3. The molecule has 0 aliphatic carbocycles. The van der Waals surface area contributed by atoms with Gasteiger partial charge in [0.2, 0.25) is 21.8 Å². The first-order chi connectivity index (χ1) is 20.0. The molecule has 3 aromatic rings. The Balaban J connectivity index is 1.91. The molecule has 3 aromatic carbocycles. The Hall–Kier alpha value is -3.56. The van der Waals surface area contributed by atoms with E-state index in [-0.39, 0.29) is 43.8 Å². The van der Waals surface area contributed by atoms with Crippen LogP contribution in [0, 0.1) is 0 Å². The standard InChI is InChI=1S/C32H40ClN3O5S/c1-5-24(2)34-32(38)30(21-25-12-7-6-8-13-25)35(23-26-14-9-17-29(20-26)41-3)31(37)18-11-19-36(42(4,39)40)28-16-10-15-27(33)22-28/h6-10,12-17,20,22,24,30H,5,11,18-19,21,23H2,1-4H3,(H,34,38)/t24-,30-/m0/s1. The Morgan fingerprint density at radius 1 is 0.976 bits per heavy atom. The summed E-state index contributed by atoms with van der Waals surface area (Å²) in [6.07, 6.45) is 2.49. The first kappa shape index (κ1) is 32.9. The number of sulfonamides is 1. The van der Waals surface area contributed by atoms with Gasteiger partial charge in [-0.25, -0.2) is 8.42 Å². The van der Waals surface area contributed by atoms with Crippen molar-refractivity contribution in [2.75, 3.05) is 24.2 Å². The number of methoxy groups -OCH3 is 1. The number of hydrogen-bond acceptors (Lipinski definition) is 5. The largest absolute Gasteiger partial charge is 0.497 e. The van der Waals surface area contributed by atoms with Gasteiger partial charge in [-0.3, -0.25) is 13.9 Å². The molecule has 8 nitrogen and oxygen atoms in total. The van der Waals surface area contributed by atoms with Crippen LogP contribution in [0.1, 0.15) is 44.2 Å². The molecule has 0 aliphatic heterocycles. The van der Waals surface area contributed by atoms with Crippen LogP contribution in [0.15, 0.2) is 78.9 Å². The zero-order valence-electron chi connectivity index (χ0n) is 24.6. The van der Waals surface area contributed by atoms with Crippen molar-refractivity contribution in [3.8, 4) is 5.75 Å². The first-order valence-electron chi connectivity index (χ1n) is 14.0. The number of anilines is 1. The van der Waals surface area contributed by atoms with E-state index in [0.29, 0.717) is 22.9 Å². The van der Waals surface area contributed by atoms with Crippen LogP contribution < -0.4 is 14.4 Å². The zero-order chi connectivity index (χ0) is 30.7. The molecule has 0 fully saturated rings. The van der Waals surface area contributed by atoms with Gasteiger partial charge >= 0.3 is 0 Å². The number of ether oxygens (including phenoxy) is 1. The lowest BCUT2D eigenvalue weighted by atomic mass is 10.0. The lowest BCUT2D eigenvalue weighted by Crippen LogP contribution is -2.52. The average Bonchev–Trinajstić information content (AvgIpc) is 2.96. The second kappa shape index (κ2) is 15.6. The molecule has 3 rings (SSSR count). The number of hydrogen-bond donors (Lipinski definition) is 1. The molecule has 0 aromatic heterocycles. The van der Waals surface area contributed by atoms with Crippen LogP contribution in [0.4, 0.5) is 5.69 Å². The van der Waals surface area contributed by atoms with E-state index in [1.165, 1.54) is 4.31 Å². The molecule has 0 saturated carbocycles. The third-order valence-electron chi connectivity index (χ3n) is 7.01. The molecule has 0 unspecified atom stereocenters. The van der Waals surface area contributed by atoms with Crippen molar-refractivity contribution in [3.05, 3.63) is 95.0 Å². The molecule has 2 atom stereocenters. The summed E-state index contributed by atoms with van der Waals surface area (Å²) in [4.78, 5) is 29.2. The summed E-state index contributed by atoms with van der Waals surface area (Å²) in [5.41, 5.74) is 2.17. The highest BCUT2D eigenvalue weighted by Crippen LogP contribution is 2.23. The number of amides is 2. The van der Waals surface area contributed by atoms with Crippen molar-refractivity contribution in [3.63, 3.8) is 0 Å². The number of carbonyl (C=O) groups excluding carboxylic acids is 2. The smallest absolute Gasteiger partial charge is 0.243 e. The lowest BCUT2D eigenvalue weighted by molar-refractivity contribution is -0.141. The van der Waals surface area contributed by atoms with Crippen molar-refractivity contribution < 1.29 is 22.7 Å². The van der Waals surface area contributed by atoms with Crippen molar-refractivity contribution in [2.24, 2.45) is 0 Å². The Morgan fingerprint density at radius 2 is 1.67 bits per heavy atom. The summed E-state index contributed by atoms with van der Waals surface area (Å²) < 4.78 is 31.9. The van der Waals surface area contributed by atoms with Gasteiger partial charge in [-0.2, -0.15) is 0 Å². The molecule has 226 valence electrons. The highest BCUT2D eigenvalue weighted by molar-refractivity contribution is 7.92. The van der Waals surface area contributed by atoms with Crippen LogP contribution in [0.3, 0.4) is 0 Å². The molecular formula is C32H40ClN3O5S. The molecule has 1 N–H and O–H groups in total. The highest BCUT2D eigenvalue weighted by Gasteiger charge is 2.31. The molecule has 0 bridgehead atoms. The maximum absolute atomic E-state index is 13.9. The van der Waals surface area contributed by atoms with Gasteiger partial charge in [0.1, 0.15) is 11.8 Å². The van der Waals surface area contributed by atoms with Gasteiger partial charge in [0.05, 0.1) is 19.1 Å². The van der Waals surface area contributed by atoms with Crippen LogP contribution in [0.25, 0.3) is 0 Å². The fourth-order valence-electron chi connectivity index (χ4n) is 4.60. The fourth-order valence-corrected chi connectivity index (χ4v) is 5.74. The van der Waals surface area contributed by atoms with Crippen molar-refractivity contribution in [1.29, 1.82) is 0 Å². The molecule has 0 radical (unpaired) electrons. The number of carbonyl (C=O) groups is 2. The monoisotopic (exact) mass is 613 g/mol. The zero-order valence-corrected chi connectivity index (χ0v) is 26.2. The quantitative estimate of drug-likeness (QED) is 0.246. The molecule has 0 spiro atoms. The van der Waals surface area contributed by atoms with Crippen LogP contribution in [-0.2, 0) is 32.6 Å². The number of nitrogens with zero attached hydrogens (tertiary/aromatic N) is 2. The summed E-state index contributed by atoms with van der Waals surface area (Å²) in [6, 6.07) is 22.7. The molecule has 2 amide bonds. The van der Waals surface area contributed by atoms with E-state index in [1.807, 2.05) is 68.4 Å². The first-order valence-corrected chi connectivity index (χ1v) is 16.2. The Kier molecular flexibility index (Phi) is 12.2. The van der Waals surface area contributed by atoms with Gasteiger partial charge in [-0.05, 0) is 61.2 Å². The van der Waals surface area contributed by atoms with Crippen molar-refractivity contribution in [1.82, 2.24) is 10.2 Å². The summed E-state index contributed by atoms with van der Waals surface area (Å²) in [6.45, 7) is 4.19. The van der Waals surface area contributed by atoms with Crippen LogP contribution in [0.2, 0.25) is 5.02 Å². The summed E-state index contributed by atoms with van der Waals surface area (Å²) in [5, 5.41) is 3.47. The predicted octanol–water partition coefficient (Wildman–Crippen LogP) is 5.45. The third-order valence-corrected chi connectivity index (χ3v) is 8.44. The number of nitrogens with one attached hydrogen (secondary N) is 1. The maximum Gasteiger partial charge on any atom is 0.243 e. The van der Waals surface area contributed by atoms with Crippen LogP contribution in [0.5, 0.6) is 5.75 Å². The molecule has 10 heteroatoms. The van der Waals surface area contributed by atoms with Gasteiger partial charge in [0, 0.05) is 37.0 Å². The second-order valence-corrected chi connectivity index (χ2v) is 12.7. The third kappa shape index (κ3) is 9.77. The van der Waals surface area contributed by atoms with Gasteiger partial charge in [-0.1, -0.05) is 67.1 Å². The van der Waals surface area contributed by atoms with Crippen LogP contribution in [-0.4, -0.2) is 57.1 Å². The molecule has 0 saturated heterocycles. The van der Waals surface area contributed by atoms with Gasteiger partial charge in [-0.15, -0.1) is 0 Å². The topological polar surface area (TPSA) is 96.0 Å². The summed E-state index contributed by atoms with van der Waals surface area (Å²) in [7, 11) is -2.05. The van der Waals surface area contributed by atoms with E-state index in [1.54, 1.807) is 36.3 Å². The van der Waals surface area contributed by atoms with E-state index < -0.39 is 16.1 Å². The Labute approximate surface area is 254 Å². The normalized spacial score (nSPS) is 12.7. The Morgan fingerprint density at radius 3 is 2.31 bits per heavy atom. The number of halogens is 1. The van der Waals surface area contributed by atoms with Crippen molar-refractivity contribution in [2.45, 2.75) is 58.2 Å². The number of rotatable bonds is 15. The van der Waals surface area contributed by atoms with Gasteiger partial charge in [0.25, 0.3) is 0 Å². The van der Waals surface area contributed by atoms with E-state index in [0.717, 1.165) is 23.8 Å². The molecule has 42 heavy (non-hydrogen) atoms. The molecule has 0 heterocycles. The van der Waals surface area contributed by atoms with Crippen LogP contribution >= 0.6 is 11.6 Å². The minimum absolute atomic E-state index is 0.0401. The predicted molar refractivity (Wildman–Crippen MR) is 168 cm³/mol. The summed E-state index contributed by atoms with van der Waals surface area (Å²) >= 11 is 6.11. The van der Waals surface area contributed by atoms with Crippen molar-refractivity contribution >= 4 is 39.1 Å². The minimum atomic E-state index is -3.62. The van der Waals surface area contributed by atoms with Gasteiger partial charge in [0.15, 0.2) is 0 Å². The molecular weight excluding hydrogens is 574 g/mol. The Bertz CT molecular complexity index is 1430. The van der Waals surface area contributed by atoms with E-state index in [4.69, 9.17) is 16.3 Å². The maximum atomic E-state index is 13.9. The highest BCUT2D eigenvalue weighted by atomic mass is 35.5. The van der Waals surface area contributed by atoms with E-state index >= 15 is 0 Å². The van der Waals surface area contributed by atoms with E-state index in [2.05, 4.69) is 5.32 Å². The average molecular weight is 614 g/mol.